The maximum atomic E-state index is 12.1. The van der Waals surface area contributed by atoms with E-state index in [0.29, 0.717) is 11.6 Å². The number of halogens is 1. The van der Waals surface area contributed by atoms with Gasteiger partial charge in [-0.05, 0) is 38.1 Å². The molecule has 0 saturated carbocycles. The van der Waals surface area contributed by atoms with Gasteiger partial charge >= 0.3 is 0 Å². The number of pyridine rings is 1. The molecular formula is C20H20ClN5O2. The van der Waals surface area contributed by atoms with Gasteiger partial charge in [0.1, 0.15) is 5.69 Å². The summed E-state index contributed by atoms with van der Waals surface area (Å²) in [5.74, 6) is -0.761. The van der Waals surface area contributed by atoms with E-state index in [2.05, 4.69) is 20.7 Å². The van der Waals surface area contributed by atoms with Crippen molar-refractivity contribution in [2.24, 2.45) is 0 Å². The van der Waals surface area contributed by atoms with E-state index in [0.717, 1.165) is 22.6 Å². The van der Waals surface area contributed by atoms with Gasteiger partial charge in [-0.15, -0.1) is 0 Å². The first kappa shape index (κ1) is 19.6. The van der Waals surface area contributed by atoms with Gasteiger partial charge in [-0.3, -0.25) is 14.6 Å². The van der Waals surface area contributed by atoms with E-state index in [9.17, 15) is 9.59 Å². The summed E-state index contributed by atoms with van der Waals surface area (Å²) >= 11 is 5.84. The highest BCUT2D eigenvalue weighted by Gasteiger charge is 2.14. The van der Waals surface area contributed by atoms with E-state index in [4.69, 9.17) is 11.6 Å². The Kier molecular flexibility index (Phi) is 6.06. The van der Waals surface area contributed by atoms with Gasteiger partial charge in [0, 0.05) is 29.0 Å². The molecule has 0 bridgehead atoms. The van der Waals surface area contributed by atoms with Gasteiger partial charge < -0.3 is 10.6 Å². The van der Waals surface area contributed by atoms with Crippen LogP contribution in [0.4, 0.5) is 0 Å². The van der Waals surface area contributed by atoms with Crippen LogP contribution in [0.1, 0.15) is 27.4 Å². The van der Waals surface area contributed by atoms with Crippen molar-refractivity contribution in [1.82, 2.24) is 25.4 Å². The highest BCUT2D eigenvalue weighted by Crippen LogP contribution is 2.17. The second kappa shape index (κ2) is 8.67. The van der Waals surface area contributed by atoms with Gasteiger partial charge in [0.05, 0.1) is 17.9 Å². The van der Waals surface area contributed by atoms with Crippen LogP contribution in [-0.2, 0) is 11.3 Å². The lowest BCUT2D eigenvalue weighted by Crippen LogP contribution is -2.37. The second-order valence-electron chi connectivity index (χ2n) is 6.22. The van der Waals surface area contributed by atoms with Crippen LogP contribution in [0, 0.1) is 13.8 Å². The molecule has 2 amide bonds. The fourth-order valence-corrected chi connectivity index (χ4v) is 2.94. The minimum Gasteiger partial charge on any atom is -0.350 e. The maximum absolute atomic E-state index is 12.1. The van der Waals surface area contributed by atoms with Gasteiger partial charge in [0.15, 0.2) is 0 Å². The smallest absolute Gasteiger partial charge is 0.270 e. The first-order valence-corrected chi connectivity index (χ1v) is 9.10. The Bertz CT molecular complexity index is 1000. The van der Waals surface area contributed by atoms with Crippen LogP contribution in [0.3, 0.4) is 0 Å². The Morgan fingerprint density at radius 1 is 1.11 bits per heavy atom. The number of nitrogens with zero attached hydrogens (tertiary/aromatic N) is 3. The molecule has 2 aromatic heterocycles. The van der Waals surface area contributed by atoms with Crippen molar-refractivity contribution >= 4 is 23.4 Å². The summed E-state index contributed by atoms with van der Waals surface area (Å²) in [5.41, 5.74) is 3.86. The molecule has 3 aromatic rings. The predicted molar refractivity (Wildman–Crippen MR) is 106 cm³/mol. The first-order chi connectivity index (χ1) is 13.5. The van der Waals surface area contributed by atoms with Crippen molar-refractivity contribution in [2.45, 2.75) is 20.4 Å². The fraction of sp³-hybridized carbons (Fsp3) is 0.200. The number of nitrogens with one attached hydrogen (secondary N) is 2. The normalized spacial score (nSPS) is 10.5. The number of carbonyl (C=O) groups excluding carboxylic acids is 2. The molecule has 2 heterocycles. The van der Waals surface area contributed by atoms with E-state index in [1.807, 2.05) is 48.9 Å². The van der Waals surface area contributed by atoms with Gasteiger partial charge in [0.25, 0.3) is 5.91 Å². The molecule has 0 aliphatic rings. The van der Waals surface area contributed by atoms with Crippen molar-refractivity contribution in [3.05, 3.63) is 76.3 Å². The maximum Gasteiger partial charge on any atom is 0.270 e. The molecular weight excluding hydrogens is 378 g/mol. The molecule has 0 fully saturated rings. The number of para-hydroxylation sites is 1. The SMILES string of the molecule is Cc1nn(-c2ccccc2)c(C)c1CNC(=O)CNC(=O)c1cc(Cl)ccn1. The third kappa shape index (κ3) is 4.55. The van der Waals surface area contributed by atoms with Crippen LogP contribution in [0.5, 0.6) is 0 Å². The van der Waals surface area contributed by atoms with Crippen LogP contribution < -0.4 is 10.6 Å². The number of amides is 2. The van der Waals surface area contributed by atoms with Crippen LogP contribution >= 0.6 is 11.6 Å². The molecule has 8 heteroatoms. The van der Waals surface area contributed by atoms with E-state index >= 15 is 0 Å². The largest absolute Gasteiger partial charge is 0.350 e. The minimum absolute atomic E-state index is 0.155. The Balaban J connectivity index is 1.58. The Morgan fingerprint density at radius 3 is 2.57 bits per heavy atom. The lowest BCUT2D eigenvalue weighted by atomic mass is 10.2. The number of aromatic nitrogens is 3. The summed E-state index contributed by atoms with van der Waals surface area (Å²) in [5, 5.41) is 10.3. The molecule has 0 atom stereocenters. The van der Waals surface area contributed by atoms with Gasteiger partial charge in [0.2, 0.25) is 5.91 Å². The van der Waals surface area contributed by atoms with Crippen molar-refractivity contribution in [3.8, 4) is 5.69 Å². The number of hydrogen-bond acceptors (Lipinski definition) is 4. The minimum atomic E-state index is -0.457. The number of rotatable bonds is 6. The summed E-state index contributed by atoms with van der Waals surface area (Å²) in [4.78, 5) is 28.1. The zero-order valence-electron chi connectivity index (χ0n) is 15.6. The molecule has 0 unspecified atom stereocenters. The summed E-state index contributed by atoms with van der Waals surface area (Å²) in [6, 6.07) is 12.8. The highest BCUT2D eigenvalue weighted by atomic mass is 35.5. The summed E-state index contributed by atoms with van der Waals surface area (Å²) in [6.07, 6.45) is 1.44. The molecule has 2 N–H and O–H groups in total. The zero-order valence-corrected chi connectivity index (χ0v) is 16.3. The molecule has 0 aliphatic heterocycles. The summed E-state index contributed by atoms with van der Waals surface area (Å²) < 4.78 is 1.85. The molecule has 0 spiro atoms. The van der Waals surface area contributed by atoms with Crippen LogP contribution in [-0.4, -0.2) is 33.1 Å². The molecule has 1 aromatic carbocycles. The van der Waals surface area contributed by atoms with E-state index in [1.165, 1.54) is 12.3 Å². The third-order valence-electron chi connectivity index (χ3n) is 4.27. The third-order valence-corrected chi connectivity index (χ3v) is 4.50. The molecule has 28 heavy (non-hydrogen) atoms. The van der Waals surface area contributed by atoms with Crippen molar-refractivity contribution in [1.29, 1.82) is 0 Å². The molecule has 0 radical (unpaired) electrons. The number of aryl methyl sites for hydroxylation is 1. The lowest BCUT2D eigenvalue weighted by Gasteiger charge is -2.08. The van der Waals surface area contributed by atoms with Crippen LogP contribution in [0.25, 0.3) is 5.69 Å². The first-order valence-electron chi connectivity index (χ1n) is 8.72. The second-order valence-corrected chi connectivity index (χ2v) is 6.65. The van der Waals surface area contributed by atoms with Crippen molar-refractivity contribution in [2.75, 3.05) is 6.54 Å². The average molecular weight is 398 g/mol. The van der Waals surface area contributed by atoms with Crippen molar-refractivity contribution < 1.29 is 9.59 Å². The van der Waals surface area contributed by atoms with Gasteiger partial charge in [-0.25, -0.2) is 4.68 Å². The standard InChI is InChI=1S/C20H20ClN5O2/c1-13-17(14(2)26(25-13)16-6-4-3-5-7-16)11-23-19(27)12-24-20(28)18-10-15(21)8-9-22-18/h3-10H,11-12H2,1-2H3,(H,23,27)(H,24,28). The number of benzene rings is 1. The predicted octanol–water partition coefficient (Wildman–Crippen LogP) is 2.58. The Labute approximate surface area is 167 Å². The molecule has 0 aliphatic carbocycles. The number of hydrogen-bond donors (Lipinski definition) is 2. The van der Waals surface area contributed by atoms with Crippen LogP contribution in [0.2, 0.25) is 5.02 Å². The highest BCUT2D eigenvalue weighted by molar-refractivity contribution is 6.30. The topological polar surface area (TPSA) is 88.9 Å². The zero-order chi connectivity index (χ0) is 20.1. The summed E-state index contributed by atoms with van der Waals surface area (Å²) in [7, 11) is 0. The lowest BCUT2D eigenvalue weighted by molar-refractivity contribution is -0.120. The summed E-state index contributed by atoms with van der Waals surface area (Å²) in [6.45, 7) is 4.04. The quantitative estimate of drug-likeness (QED) is 0.669. The number of carbonyl (C=O) groups is 2. The average Bonchev–Trinajstić information content (AvgIpc) is 2.98. The Morgan fingerprint density at radius 2 is 1.86 bits per heavy atom. The monoisotopic (exact) mass is 397 g/mol. The van der Waals surface area contributed by atoms with E-state index in [1.54, 1.807) is 6.07 Å². The Hall–Kier alpha value is -3.19. The van der Waals surface area contributed by atoms with Gasteiger partial charge in [-0.1, -0.05) is 29.8 Å². The van der Waals surface area contributed by atoms with Crippen molar-refractivity contribution in [3.63, 3.8) is 0 Å². The van der Waals surface area contributed by atoms with E-state index in [-0.39, 0.29) is 18.1 Å². The molecule has 7 nitrogen and oxygen atoms in total. The molecule has 3 rings (SSSR count). The molecule has 144 valence electrons. The fourth-order valence-electron chi connectivity index (χ4n) is 2.78. The van der Waals surface area contributed by atoms with E-state index < -0.39 is 5.91 Å². The van der Waals surface area contributed by atoms with Crippen LogP contribution in [0.15, 0.2) is 48.7 Å². The van der Waals surface area contributed by atoms with Gasteiger partial charge in [-0.2, -0.15) is 5.10 Å². The molecule has 0 saturated heterocycles.